The van der Waals surface area contributed by atoms with Gasteiger partial charge in [-0.15, -0.1) is 6.58 Å². The Balaban J connectivity index is 3.05. The fourth-order valence-electron chi connectivity index (χ4n) is 0.123. The Morgan fingerprint density at radius 1 is 2.00 bits per heavy atom. The topological polar surface area (TPSA) is 37.3 Å². The minimum absolute atomic E-state index is 0.690. The normalized spacial score (nSPS) is 9.33. The number of carbonyl (C=O) groups is 1. The quantitative estimate of drug-likeness (QED) is 0.497. The van der Waals surface area contributed by atoms with Gasteiger partial charge in [-0.25, -0.2) is 0 Å². The third-order valence-corrected chi connectivity index (χ3v) is 0.957. The van der Waals surface area contributed by atoms with E-state index in [2.05, 4.69) is 6.58 Å². The van der Waals surface area contributed by atoms with Crippen molar-refractivity contribution in [2.45, 2.75) is 0 Å². The smallest absolute Gasteiger partial charge is 0.266 e. The molecule has 2 nitrogen and oxygen atoms in total. The zero-order chi connectivity index (χ0) is 4.99. The lowest BCUT2D eigenvalue weighted by Gasteiger charge is -1.73. The van der Waals surface area contributed by atoms with E-state index >= 15 is 0 Å². The van der Waals surface area contributed by atoms with Crippen LogP contribution in [0, 0.1) is 0 Å². The van der Waals surface area contributed by atoms with Crippen molar-refractivity contribution < 1.29 is 9.90 Å². The predicted octanol–water partition coefficient (Wildman–Crippen LogP) is -0.0233. The van der Waals surface area contributed by atoms with E-state index in [4.69, 9.17) is 5.11 Å². The summed E-state index contributed by atoms with van der Waals surface area (Å²) in [6.45, 7) is 3.28. The van der Waals surface area contributed by atoms with E-state index < -0.39 is 15.1 Å². The lowest BCUT2D eigenvalue weighted by molar-refractivity contribution is 0.220. The molecule has 0 aromatic heterocycles. The van der Waals surface area contributed by atoms with Gasteiger partial charge in [0.2, 0.25) is 0 Å². The molecule has 0 heterocycles. The highest BCUT2D eigenvalue weighted by Crippen LogP contribution is 1.61. The molecule has 0 saturated heterocycles. The Labute approximate surface area is 38.3 Å². The van der Waals surface area contributed by atoms with Crippen molar-refractivity contribution in [3.63, 3.8) is 0 Å². The molecule has 0 atom stereocenters. The first kappa shape index (κ1) is 5.43. The molecule has 0 amide bonds. The first-order valence-electron chi connectivity index (χ1n) is 1.60. The molecule has 0 aromatic rings. The van der Waals surface area contributed by atoms with Gasteiger partial charge in [0.1, 0.15) is 0 Å². The highest BCUT2D eigenvalue weighted by Gasteiger charge is 1.85. The first-order chi connectivity index (χ1) is 2.77. The van der Waals surface area contributed by atoms with Crippen LogP contribution < -0.4 is 0 Å². The molecule has 0 aromatic carbocycles. The molecule has 1 N–H and O–H groups in total. The monoisotopic (exact) mass is 102 g/mol. The van der Waals surface area contributed by atoms with Gasteiger partial charge in [-0.1, -0.05) is 5.70 Å². The summed E-state index contributed by atoms with van der Waals surface area (Å²) in [4.78, 5) is 9.59. The second kappa shape index (κ2) is 2.65. The number of rotatable bonds is 2. The Morgan fingerprint density at radius 3 is 2.50 bits per heavy atom. The third-order valence-electron chi connectivity index (χ3n) is 0.319. The Bertz CT molecular complexity index is 69.2. The summed E-state index contributed by atoms with van der Waals surface area (Å²) in [6, 6.07) is 0. The molecule has 0 fully saturated rings. The minimum atomic E-state index is -0.963. The molecule has 6 heavy (non-hydrogen) atoms. The van der Waals surface area contributed by atoms with Crippen molar-refractivity contribution in [1.29, 1.82) is 0 Å². The predicted molar refractivity (Wildman–Crippen MR) is 26.8 cm³/mol. The SMILES string of the molecule is C=C[SiH2]C(=O)O. The molecule has 0 bridgehead atoms. The maximum Gasteiger partial charge on any atom is 0.266 e. The van der Waals surface area contributed by atoms with Gasteiger partial charge in [0.25, 0.3) is 5.59 Å². The summed E-state index contributed by atoms with van der Waals surface area (Å²) in [7, 11) is -0.963. The van der Waals surface area contributed by atoms with Crippen LogP contribution in [0.4, 0.5) is 4.79 Å². The van der Waals surface area contributed by atoms with Gasteiger partial charge in [-0.05, 0) is 0 Å². The zero-order valence-electron chi connectivity index (χ0n) is 3.35. The van der Waals surface area contributed by atoms with Crippen LogP contribution in [0.15, 0.2) is 12.3 Å². The molecule has 0 spiro atoms. The van der Waals surface area contributed by atoms with Crippen LogP contribution in [0.1, 0.15) is 0 Å². The van der Waals surface area contributed by atoms with Crippen LogP contribution >= 0.6 is 0 Å². The van der Waals surface area contributed by atoms with Crippen molar-refractivity contribution in [2.24, 2.45) is 0 Å². The van der Waals surface area contributed by atoms with Crippen LogP contribution in [0.25, 0.3) is 0 Å². The summed E-state index contributed by atoms with van der Waals surface area (Å²) < 4.78 is 0. The largest absolute Gasteiger partial charge is 0.486 e. The fraction of sp³-hybridized carbons (Fsp3) is 0. The van der Waals surface area contributed by atoms with E-state index in [1.807, 2.05) is 0 Å². The van der Waals surface area contributed by atoms with Gasteiger partial charge in [-0.2, -0.15) is 0 Å². The van der Waals surface area contributed by atoms with E-state index in [0.29, 0.717) is 0 Å². The number of hydrogen-bond donors (Lipinski definition) is 1. The highest BCUT2D eigenvalue weighted by molar-refractivity contribution is 6.75. The van der Waals surface area contributed by atoms with Crippen LogP contribution in [0.5, 0.6) is 0 Å². The average Bonchev–Trinajstić information content (AvgIpc) is 1.35. The van der Waals surface area contributed by atoms with Crippen LogP contribution in [-0.2, 0) is 0 Å². The first-order valence-corrected chi connectivity index (χ1v) is 3.12. The second-order valence-corrected chi connectivity index (χ2v) is 2.48. The average molecular weight is 102 g/mol. The molecule has 0 saturated carbocycles. The van der Waals surface area contributed by atoms with Crippen LogP contribution in [0.3, 0.4) is 0 Å². The summed E-state index contributed by atoms with van der Waals surface area (Å²) in [5, 5.41) is 7.90. The molecular formula is C3H6O2Si. The third kappa shape index (κ3) is 3.43. The van der Waals surface area contributed by atoms with Gasteiger partial charge in [0, 0.05) is 0 Å². The molecule has 34 valence electrons. The standard InChI is InChI=1S/C3H6O2Si/c1-2-6-3(4)5/h2H,1,6H2,(H,4,5). The fourth-order valence-corrected chi connectivity index (χ4v) is 0.370. The summed E-state index contributed by atoms with van der Waals surface area (Å²) >= 11 is 0. The Hall–Kier alpha value is -0.573. The van der Waals surface area contributed by atoms with Crippen molar-refractivity contribution >= 4 is 15.1 Å². The van der Waals surface area contributed by atoms with Crippen molar-refractivity contribution in [2.75, 3.05) is 0 Å². The summed E-state index contributed by atoms with van der Waals surface area (Å²) in [6.07, 6.45) is 0. The number of carboxylic acid groups (broad SMARTS) is 1. The van der Waals surface area contributed by atoms with E-state index in [1.165, 1.54) is 5.70 Å². The maximum absolute atomic E-state index is 9.59. The molecule has 0 unspecified atom stereocenters. The molecule has 0 aliphatic heterocycles. The van der Waals surface area contributed by atoms with E-state index in [-0.39, 0.29) is 0 Å². The van der Waals surface area contributed by atoms with E-state index in [1.54, 1.807) is 0 Å². The molecule has 0 rings (SSSR count). The van der Waals surface area contributed by atoms with Crippen molar-refractivity contribution in [3.05, 3.63) is 12.3 Å². The molecule has 0 aliphatic carbocycles. The zero-order valence-corrected chi connectivity index (χ0v) is 4.76. The Morgan fingerprint density at radius 2 is 2.50 bits per heavy atom. The minimum Gasteiger partial charge on any atom is -0.486 e. The molecular weight excluding hydrogens is 96.1 g/mol. The molecule has 0 radical (unpaired) electrons. The summed E-state index contributed by atoms with van der Waals surface area (Å²) in [5.74, 6) is 0. The molecule has 0 aliphatic rings. The van der Waals surface area contributed by atoms with Crippen LogP contribution in [-0.4, -0.2) is 20.2 Å². The second-order valence-electron chi connectivity index (χ2n) is 0.887. The van der Waals surface area contributed by atoms with Gasteiger partial charge in [-0.3, -0.25) is 4.79 Å². The van der Waals surface area contributed by atoms with Gasteiger partial charge < -0.3 is 5.11 Å². The van der Waals surface area contributed by atoms with Gasteiger partial charge in [0.15, 0.2) is 9.52 Å². The number of hydrogen-bond acceptors (Lipinski definition) is 1. The highest BCUT2D eigenvalue weighted by atomic mass is 28.2. The molecule has 3 heteroatoms. The van der Waals surface area contributed by atoms with Gasteiger partial charge in [0.05, 0.1) is 0 Å². The lowest BCUT2D eigenvalue weighted by Crippen LogP contribution is -1.99. The maximum atomic E-state index is 9.59. The Kier molecular flexibility index (Phi) is 2.40. The van der Waals surface area contributed by atoms with E-state index in [9.17, 15) is 4.79 Å². The van der Waals surface area contributed by atoms with E-state index in [0.717, 1.165) is 0 Å². The lowest BCUT2D eigenvalue weighted by atomic mass is 11.3. The van der Waals surface area contributed by atoms with Crippen molar-refractivity contribution in [3.8, 4) is 0 Å². The van der Waals surface area contributed by atoms with Crippen LogP contribution in [0.2, 0.25) is 0 Å². The summed E-state index contributed by atoms with van der Waals surface area (Å²) in [5.41, 5.74) is 0.799. The van der Waals surface area contributed by atoms with Crippen molar-refractivity contribution in [1.82, 2.24) is 0 Å². The van der Waals surface area contributed by atoms with Gasteiger partial charge >= 0.3 is 0 Å².